The van der Waals surface area contributed by atoms with Crippen LogP contribution in [0.3, 0.4) is 0 Å². The van der Waals surface area contributed by atoms with Gasteiger partial charge in [-0.1, -0.05) is 45.0 Å². The normalized spacial score (nSPS) is 30.0. The minimum atomic E-state index is 0.612. The van der Waals surface area contributed by atoms with Crippen molar-refractivity contribution in [3.63, 3.8) is 0 Å². The molecule has 0 spiro atoms. The third-order valence-electron chi connectivity index (χ3n) is 6.51. The van der Waals surface area contributed by atoms with Crippen LogP contribution in [0.1, 0.15) is 63.1 Å². The largest absolute Gasteiger partial charge is 0.368 e. The fraction of sp³-hybridized carbons (Fsp3) is 0.524. The zero-order chi connectivity index (χ0) is 15.6. The van der Waals surface area contributed by atoms with Crippen LogP contribution in [-0.4, -0.2) is 12.6 Å². The van der Waals surface area contributed by atoms with E-state index in [4.69, 9.17) is 0 Å². The Morgan fingerprint density at radius 1 is 0.955 bits per heavy atom. The van der Waals surface area contributed by atoms with Crippen molar-refractivity contribution in [1.29, 1.82) is 0 Å². The van der Waals surface area contributed by atoms with E-state index in [0.29, 0.717) is 17.9 Å². The van der Waals surface area contributed by atoms with Gasteiger partial charge < -0.3 is 4.90 Å². The summed E-state index contributed by atoms with van der Waals surface area (Å²) in [5.41, 5.74) is 6.54. The molecule has 2 aromatic carbocycles. The Bertz CT molecular complexity index is 745. The molecule has 0 unspecified atom stereocenters. The maximum Gasteiger partial charge on any atom is 0.0487 e. The van der Waals surface area contributed by atoms with Crippen LogP contribution in [0, 0.1) is 5.92 Å². The van der Waals surface area contributed by atoms with Gasteiger partial charge in [0.15, 0.2) is 0 Å². The first-order valence-corrected chi connectivity index (χ1v) is 8.90. The topological polar surface area (TPSA) is 3.24 Å². The molecule has 0 N–H and O–H groups in total. The first-order chi connectivity index (χ1) is 10.6. The van der Waals surface area contributed by atoms with Crippen LogP contribution in [0.25, 0.3) is 10.8 Å². The minimum absolute atomic E-state index is 0.612. The van der Waals surface area contributed by atoms with E-state index in [1.165, 1.54) is 22.9 Å². The molecule has 0 fully saturated rings. The SMILES string of the molecule is CCN1c2c(c3c(c4ccccc24)[C@H](C)[C@H](C)C3)[C@H](C)[C@@H]1C. The molecule has 1 aliphatic heterocycles. The number of nitrogens with zero attached hydrogens (tertiary/aromatic N) is 1. The van der Waals surface area contributed by atoms with Crippen molar-refractivity contribution in [3.05, 3.63) is 41.0 Å². The molecule has 0 amide bonds. The molecule has 1 nitrogen and oxygen atoms in total. The van der Waals surface area contributed by atoms with Gasteiger partial charge in [0.1, 0.15) is 0 Å². The number of hydrogen-bond donors (Lipinski definition) is 0. The number of rotatable bonds is 1. The molecule has 0 bridgehead atoms. The zero-order valence-corrected chi connectivity index (χ0v) is 14.5. The molecule has 4 atom stereocenters. The van der Waals surface area contributed by atoms with E-state index in [-0.39, 0.29) is 0 Å². The van der Waals surface area contributed by atoms with Crippen LogP contribution in [0.4, 0.5) is 5.69 Å². The monoisotopic (exact) mass is 293 g/mol. The van der Waals surface area contributed by atoms with Crippen molar-refractivity contribution < 1.29 is 0 Å². The third-order valence-corrected chi connectivity index (χ3v) is 6.51. The van der Waals surface area contributed by atoms with Gasteiger partial charge in [0, 0.05) is 29.6 Å². The average Bonchev–Trinajstić information content (AvgIpc) is 2.95. The lowest BCUT2D eigenvalue weighted by Crippen LogP contribution is -2.30. The van der Waals surface area contributed by atoms with E-state index in [0.717, 1.165) is 12.5 Å². The first-order valence-electron chi connectivity index (χ1n) is 8.90. The maximum absolute atomic E-state index is 2.64. The molecule has 4 rings (SSSR count). The molecule has 22 heavy (non-hydrogen) atoms. The zero-order valence-electron chi connectivity index (χ0n) is 14.5. The van der Waals surface area contributed by atoms with E-state index >= 15 is 0 Å². The van der Waals surface area contributed by atoms with Crippen LogP contribution in [0.5, 0.6) is 0 Å². The lowest BCUT2D eigenvalue weighted by Gasteiger charge is -2.26. The van der Waals surface area contributed by atoms with Crippen molar-refractivity contribution >= 4 is 16.5 Å². The highest BCUT2D eigenvalue weighted by Crippen LogP contribution is 2.53. The van der Waals surface area contributed by atoms with Crippen molar-refractivity contribution in [2.75, 3.05) is 11.4 Å². The van der Waals surface area contributed by atoms with Gasteiger partial charge in [-0.05, 0) is 54.2 Å². The Hall–Kier alpha value is -1.50. The molecule has 0 saturated heterocycles. The van der Waals surface area contributed by atoms with Crippen LogP contribution < -0.4 is 4.90 Å². The van der Waals surface area contributed by atoms with Gasteiger partial charge >= 0.3 is 0 Å². The predicted molar refractivity (Wildman–Crippen MR) is 96.1 cm³/mol. The molecule has 1 aliphatic carbocycles. The van der Waals surface area contributed by atoms with Gasteiger partial charge in [0.2, 0.25) is 0 Å². The van der Waals surface area contributed by atoms with E-state index in [1.807, 2.05) is 0 Å². The van der Waals surface area contributed by atoms with Gasteiger partial charge in [-0.2, -0.15) is 0 Å². The molecular formula is C21H27N. The predicted octanol–water partition coefficient (Wildman–Crippen LogP) is 5.47. The molecule has 2 aliphatic rings. The van der Waals surface area contributed by atoms with Crippen LogP contribution >= 0.6 is 0 Å². The van der Waals surface area contributed by atoms with E-state index in [1.54, 1.807) is 16.7 Å². The summed E-state index contributed by atoms with van der Waals surface area (Å²) in [6.07, 6.45) is 1.26. The lowest BCUT2D eigenvalue weighted by molar-refractivity contribution is 0.531. The van der Waals surface area contributed by atoms with Crippen LogP contribution in [0.15, 0.2) is 24.3 Å². The highest BCUT2D eigenvalue weighted by molar-refractivity contribution is 6.01. The lowest BCUT2D eigenvalue weighted by atomic mass is 9.86. The summed E-state index contributed by atoms with van der Waals surface area (Å²) in [4.78, 5) is 2.64. The second kappa shape index (κ2) is 4.75. The highest BCUT2D eigenvalue weighted by atomic mass is 15.2. The Morgan fingerprint density at radius 2 is 1.64 bits per heavy atom. The van der Waals surface area contributed by atoms with E-state index in [2.05, 4.69) is 63.8 Å². The summed E-state index contributed by atoms with van der Waals surface area (Å²) in [6, 6.07) is 9.73. The Balaban J connectivity index is 2.14. The summed E-state index contributed by atoms with van der Waals surface area (Å²) in [5.74, 6) is 2.09. The number of fused-ring (bicyclic) bond motifs is 6. The van der Waals surface area contributed by atoms with Crippen molar-refractivity contribution in [2.24, 2.45) is 5.92 Å². The van der Waals surface area contributed by atoms with Crippen molar-refractivity contribution in [1.82, 2.24) is 0 Å². The maximum atomic E-state index is 2.64. The third kappa shape index (κ3) is 1.60. The first kappa shape index (κ1) is 14.1. The Kier molecular flexibility index (Phi) is 3.04. The van der Waals surface area contributed by atoms with Crippen molar-refractivity contribution in [3.8, 4) is 0 Å². The Morgan fingerprint density at radius 3 is 2.32 bits per heavy atom. The van der Waals surface area contributed by atoms with Crippen LogP contribution in [0.2, 0.25) is 0 Å². The quantitative estimate of drug-likeness (QED) is 0.674. The molecular weight excluding hydrogens is 266 g/mol. The minimum Gasteiger partial charge on any atom is -0.368 e. The number of hydrogen-bond acceptors (Lipinski definition) is 1. The molecule has 1 heterocycles. The number of likely N-dealkylation sites (N-methyl/N-ethyl adjacent to an activating group) is 1. The van der Waals surface area contributed by atoms with Gasteiger partial charge in [-0.3, -0.25) is 0 Å². The summed E-state index contributed by atoms with van der Waals surface area (Å²) in [7, 11) is 0. The molecule has 0 aromatic heterocycles. The van der Waals surface area contributed by atoms with Gasteiger partial charge in [0.25, 0.3) is 0 Å². The fourth-order valence-corrected chi connectivity index (χ4v) is 5.00. The number of anilines is 1. The van der Waals surface area contributed by atoms with Gasteiger partial charge in [0.05, 0.1) is 0 Å². The fourth-order valence-electron chi connectivity index (χ4n) is 5.00. The van der Waals surface area contributed by atoms with Crippen molar-refractivity contribution in [2.45, 2.75) is 58.9 Å². The second-order valence-electron chi connectivity index (χ2n) is 7.49. The summed E-state index contributed by atoms with van der Waals surface area (Å²) < 4.78 is 0. The molecule has 0 saturated carbocycles. The van der Waals surface area contributed by atoms with E-state index in [9.17, 15) is 0 Å². The molecule has 2 aromatic rings. The van der Waals surface area contributed by atoms with E-state index < -0.39 is 0 Å². The van der Waals surface area contributed by atoms with Gasteiger partial charge in [-0.15, -0.1) is 0 Å². The second-order valence-corrected chi connectivity index (χ2v) is 7.49. The summed E-state index contributed by atoms with van der Waals surface area (Å²) in [6.45, 7) is 13.1. The van der Waals surface area contributed by atoms with Crippen LogP contribution in [-0.2, 0) is 6.42 Å². The summed E-state index contributed by atoms with van der Waals surface area (Å²) >= 11 is 0. The Labute approximate surface area is 134 Å². The average molecular weight is 293 g/mol. The summed E-state index contributed by atoms with van der Waals surface area (Å²) in [5, 5.41) is 2.99. The molecule has 116 valence electrons. The standard InChI is InChI=1S/C21H27N/c1-6-22-15(5)14(4)20-18-11-12(2)13(3)19(18)16-9-7-8-10-17(16)21(20)22/h7-10,12-15H,6,11H2,1-5H3/t12-,13-,14-,15+/m1/s1. The highest BCUT2D eigenvalue weighted by Gasteiger charge is 2.40. The molecule has 0 radical (unpaired) electrons. The smallest absolute Gasteiger partial charge is 0.0487 e. The molecule has 1 heteroatoms. The number of benzene rings is 2. The van der Waals surface area contributed by atoms with Gasteiger partial charge in [-0.25, -0.2) is 0 Å².